The molecule has 4 aromatic rings. The number of benzene rings is 4. The highest BCUT2D eigenvalue weighted by Gasteiger charge is 2.39. The summed E-state index contributed by atoms with van der Waals surface area (Å²) in [5.74, 6) is 0.764. The fraction of sp³-hybridized carbons (Fsp3) is 0.278. The lowest BCUT2D eigenvalue weighted by molar-refractivity contribution is 0.0597. The molecule has 212 valence electrons. The minimum absolute atomic E-state index is 0.0638. The predicted molar refractivity (Wildman–Crippen MR) is 165 cm³/mol. The molecule has 4 aromatic carbocycles. The number of hydrogen-bond donors (Lipinski definition) is 1. The van der Waals surface area contributed by atoms with Crippen LogP contribution < -0.4 is 5.32 Å². The van der Waals surface area contributed by atoms with Crippen LogP contribution in [0.15, 0.2) is 109 Å². The van der Waals surface area contributed by atoms with E-state index in [9.17, 15) is 9.59 Å². The Morgan fingerprint density at radius 2 is 1.33 bits per heavy atom. The zero-order valence-corrected chi connectivity index (χ0v) is 23.7. The highest BCUT2D eigenvalue weighted by atomic mass is 16.2. The van der Waals surface area contributed by atoms with Gasteiger partial charge in [-0.25, -0.2) is 0 Å². The van der Waals surface area contributed by atoms with E-state index in [0.29, 0.717) is 24.6 Å². The molecule has 2 aliphatic heterocycles. The van der Waals surface area contributed by atoms with Crippen LogP contribution >= 0.6 is 0 Å². The molecule has 0 radical (unpaired) electrons. The number of rotatable bonds is 8. The Morgan fingerprint density at radius 1 is 0.738 bits per heavy atom. The van der Waals surface area contributed by atoms with Crippen LogP contribution in [0.4, 0.5) is 5.69 Å². The molecule has 2 fully saturated rings. The molecule has 2 heterocycles. The maximum Gasteiger partial charge on any atom is 0.256 e. The number of piperazine rings is 1. The van der Waals surface area contributed by atoms with Crippen LogP contribution in [0.3, 0.4) is 0 Å². The van der Waals surface area contributed by atoms with Gasteiger partial charge in [0.15, 0.2) is 0 Å². The topological polar surface area (TPSA) is 55.9 Å². The van der Waals surface area contributed by atoms with Gasteiger partial charge in [0, 0.05) is 55.1 Å². The first-order valence-corrected chi connectivity index (χ1v) is 15.1. The predicted octanol–water partition coefficient (Wildman–Crippen LogP) is 6.21. The summed E-state index contributed by atoms with van der Waals surface area (Å²) in [6.45, 7) is 3.78. The van der Waals surface area contributed by atoms with E-state index in [1.165, 1.54) is 24.0 Å². The average molecular weight is 557 g/mol. The molecule has 1 N–H and O–H groups in total. The average Bonchev–Trinajstić information content (AvgIpc) is 3.84. The Balaban J connectivity index is 1.02. The summed E-state index contributed by atoms with van der Waals surface area (Å²) in [6.07, 6.45) is 2.19. The van der Waals surface area contributed by atoms with Crippen molar-refractivity contribution in [2.45, 2.75) is 25.0 Å². The zero-order valence-electron chi connectivity index (χ0n) is 23.7. The third-order valence-electron chi connectivity index (χ3n) is 8.84. The van der Waals surface area contributed by atoms with E-state index >= 15 is 0 Å². The lowest BCUT2D eigenvalue weighted by atomic mass is 9.96. The molecule has 1 atom stereocenters. The molecule has 0 aromatic heterocycles. The molecule has 0 spiro atoms. The molecule has 3 aliphatic rings. The van der Waals surface area contributed by atoms with Crippen molar-refractivity contribution in [1.82, 2.24) is 14.7 Å². The molecule has 1 aliphatic carbocycles. The second kappa shape index (κ2) is 11.5. The van der Waals surface area contributed by atoms with E-state index in [0.717, 1.165) is 36.4 Å². The van der Waals surface area contributed by atoms with Gasteiger partial charge in [0.25, 0.3) is 11.8 Å². The second-order valence-corrected chi connectivity index (χ2v) is 11.7. The summed E-state index contributed by atoms with van der Waals surface area (Å²) in [5, 5.41) is 3.58. The smallest absolute Gasteiger partial charge is 0.256 e. The van der Waals surface area contributed by atoms with Gasteiger partial charge in [0.1, 0.15) is 6.17 Å². The summed E-state index contributed by atoms with van der Waals surface area (Å²) in [5.41, 5.74) is 5.94. The molecule has 0 bridgehead atoms. The summed E-state index contributed by atoms with van der Waals surface area (Å²) < 4.78 is 0. The first kappa shape index (κ1) is 26.5. The van der Waals surface area contributed by atoms with Crippen LogP contribution in [-0.2, 0) is 0 Å². The van der Waals surface area contributed by atoms with Crippen molar-refractivity contribution < 1.29 is 9.59 Å². The monoisotopic (exact) mass is 556 g/mol. The van der Waals surface area contributed by atoms with E-state index in [2.05, 4.69) is 70.9 Å². The van der Waals surface area contributed by atoms with Gasteiger partial charge in [-0.15, -0.1) is 0 Å². The summed E-state index contributed by atoms with van der Waals surface area (Å²) in [4.78, 5) is 33.1. The lowest BCUT2D eigenvalue weighted by Gasteiger charge is -2.39. The maximum atomic E-state index is 13.5. The first-order chi connectivity index (χ1) is 20.7. The van der Waals surface area contributed by atoms with Gasteiger partial charge in [-0.05, 0) is 60.2 Å². The molecular formula is C36H36N4O2. The molecule has 6 nitrogen and oxygen atoms in total. The first-order valence-electron chi connectivity index (χ1n) is 15.1. The van der Waals surface area contributed by atoms with Gasteiger partial charge in [0.2, 0.25) is 0 Å². The molecule has 2 amide bonds. The van der Waals surface area contributed by atoms with Gasteiger partial charge in [-0.1, -0.05) is 78.9 Å². The van der Waals surface area contributed by atoms with E-state index < -0.39 is 0 Å². The van der Waals surface area contributed by atoms with Crippen molar-refractivity contribution in [3.63, 3.8) is 0 Å². The quantitative estimate of drug-likeness (QED) is 0.280. The lowest BCUT2D eigenvalue weighted by Crippen LogP contribution is -2.49. The minimum atomic E-state index is -0.189. The van der Waals surface area contributed by atoms with Crippen molar-refractivity contribution >= 4 is 17.5 Å². The Kier molecular flexibility index (Phi) is 7.22. The van der Waals surface area contributed by atoms with Crippen LogP contribution in [0.2, 0.25) is 0 Å². The van der Waals surface area contributed by atoms with Crippen molar-refractivity contribution in [2.24, 2.45) is 5.92 Å². The number of fused-ring (bicyclic) bond motifs is 1. The van der Waals surface area contributed by atoms with Crippen LogP contribution in [0.5, 0.6) is 0 Å². The Labute approximate surface area is 247 Å². The van der Waals surface area contributed by atoms with Gasteiger partial charge >= 0.3 is 0 Å². The van der Waals surface area contributed by atoms with Crippen LogP contribution in [-0.4, -0.2) is 59.2 Å². The Morgan fingerprint density at radius 3 is 1.95 bits per heavy atom. The number of carbonyl (C=O) groups is 2. The van der Waals surface area contributed by atoms with E-state index in [1.807, 2.05) is 58.3 Å². The van der Waals surface area contributed by atoms with Crippen molar-refractivity contribution in [2.75, 3.05) is 38.0 Å². The highest BCUT2D eigenvalue weighted by Crippen LogP contribution is 2.39. The van der Waals surface area contributed by atoms with Crippen LogP contribution in [0, 0.1) is 5.92 Å². The fourth-order valence-corrected chi connectivity index (χ4v) is 6.41. The van der Waals surface area contributed by atoms with Crippen LogP contribution in [0.1, 0.15) is 62.5 Å². The number of anilines is 1. The van der Waals surface area contributed by atoms with Crippen molar-refractivity contribution in [1.29, 1.82) is 0 Å². The number of nitrogens with one attached hydrogen (secondary N) is 1. The normalized spacial score (nSPS) is 18.8. The second-order valence-electron chi connectivity index (χ2n) is 11.7. The SMILES string of the molecule is O=C(c1ccc(NC2c3ccccc3C(=O)N2CC2CC2)cc1)N1CCN(C(c2ccccc2)c2ccccc2)CC1. The molecule has 7 rings (SSSR count). The summed E-state index contributed by atoms with van der Waals surface area (Å²) in [6, 6.07) is 37.0. The largest absolute Gasteiger partial charge is 0.361 e. The molecule has 1 unspecified atom stereocenters. The van der Waals surface area contributed by atoms with E-state index in [4.69, 9.17) is 0 Å². The molecular weight excluding hydrogens is 520 g/mol. The third kappa shape index (κ3) is 5.30. The van der Waals surface area contributed by atoms with E-state index in [1.54, 1.807) is 0 Å². The fourth-order valence-electron chi connectivity index (χ4n) is 6.41. The van der Waals surface area contributed by atoms with Gasteiger partial charge < -0.3 is 15.1 Å². The van der Waals surface area contributed by atoms with Gasteiger partial charge in [-0.2, -0.15) is 0 Å². The number of nitrogens with zero attached hydrogens (tertiary/aromatic N) is 3. The number of hydrogen-bond acceptors (Lipinski definition) is 4. The maximum absolute atomic E-state index is 13.5. The molecule has 42 heavy (non-hydrogen) atoms. The third-order valence-corrected chi connectivity index (χ3v) is 8.84. The van der Waals surface area contributed by atoms with Crippen molar-refractivity contribution in [3.8, 4) is 0 Å². The standard InChI is InChI=1S/C36H36N4O2/c41-35(39-23-21-38(22-24-39)33(27-9-3-1-4-10-27)28-11-5-2-6-12-28)29-17-19-30(20-18-29)37-34-31-13-7-8-14-32(31)36(42)40(34)25-26-15-16-26/h1-14,17-20,26,33-34,37H,15-16,21-25H2. The summed E-state index contributed by atoms with van der Waals surface area (Å²) >= 11 is 0. The Hall–Kier alpha value is -4.42. The highest BCUT2D eigenvalue weighted by molar-refractivity contribution is 5.99. The molecule has 1 saturated carbocycles. The van der Waals surface area contributed by atoms with Crippen molar-refractivity contribution in [3.05, 3.63) is 137 Å². The van der Waals surface area contributed by atoms with Gasteiger partial charge in [0.05, 0.1) is 6.04 Å². The summed E-state index contributed by atoms with van der Waals surface area (Å²) in [7, 11) is 0. The van der Waals surface area contributed by atoms with E-state index in [-0.39, 0.29) is 24.0 Å². The molecule has 1 saturated heterocycles. The number of carbonyl (C=O) groups excluding carboxylic acids is 2. The molecule has 6 heteroatoms. The zero-order chi connectivity index (χ0) is 28.5. The van der Waals surface area contributed by atoms with Crippen LogP contribution in [0.25, 0.3) is 0 Å². The number of amides is 2. The minimum Gasteiger partial charge on any atom is -0.361 e. The van der Waals surface area contributed by atoms with Gasteiger partial charge in [-0.3, -0.25) is 14.5 Å². The Bertz CT molecular complexity index is 1510.